The van der Waals surface area contributed by atoms with Crippen molar-refractivity contribution in [3.8, 4) is 0 Å². The van der Waals surface area contributed by atoms with Gasteiger partial charge in [-0.2, -0.15) is 0 Å². The van der Waals surface area contributed by atoms with E-state index in [1.165, 1.54) is 0 Å². The molecule has 0 rings (SSSR count). The van der Waals surface area contributed by atoms with Crippen molar-refractivity contribution in [3.63, 3.8) is 0 Å². The monoisotopic (exact) mass is 133 g/mol. The van der Waals surface area contributed by atoms with E-state index in [2.05, 4.69) is 5.32 Å². The highest BCUT2D eigenvalue weighted by molar-refractivity contribution is 4.43. The van der Waals surface area contributed by atoms with Crippen LogP contribution in [-0.2, 0) is 4.74 Å². The van der Waals surface area contributed by atoms with Crippen molar-refractivity contribution in [2.24, 2.45) is 0 Å². The zero-order valence-electron chi connectivity index (χ0n) is 6.05. The summed E-state index contributed by atoms with van der Waals surface area (Å²) in [4.78, 5) is 0. The van der Waals surface area contributed by atoms with Crippen LogP contribution in [0.4, 0.5) is 0 Å². The summed E-state index contributed by atoms with van der Waals surface area (Å²) in [6.45, 7) is 3.23. The standard InChI is InChI=1S/C6H15NO2/c1-3-9-6(8)4-5-7-2/h6-8H,3-5H2,1-2H3. The molecule has 0 amide bonds. The van der Waals surface area contributed by atoms with Gasteiger partial charge in [-0.1, -0.05) is 0 Å². The van der Waals surface area contributed by atoms with Crippen LogP contribution in [0.15, 0.2) is 0 Å². The number of aliphatic hydroxyl groups is 1. The van der Waals surface area contributed by atoms with E-state index >= 15 is 0 Å². The Kier molecular flexibility index (Phi) is 5.93. The van der Waals surface area contributed by atoms with Gasteiger partial charge in [-0.05, 0) is 20.5 Å². The van der Waals surface area contributed by atoms with E-state index in [4.69, 9.17) is 9.84 Å². The number of hydrogen-bond acceptors (Lipinski definition) is 3. The van der Waals surface area contributed by atoms with Crippen LogP contribution in [-0.4, -0.2) is 31.6 Å². The third-order valence-corrected chi connectivity index (χ3v) is 1.00. The minimum Gasteiger partial charge on any atom is -0.368 e. The first-order valence-electron chi connectivity index (χ1n) is 3.25. The van der Waals surface area contributed by atoms with Gasteiger partial charge in [0, 0.05) is 13.0 Å². The molecule has 0 saturated carbocycles. The number of hydrogen-bond donors (Lipinski definition) is 2. The van der Waals surface area contributed by atoms with Crippen LogP contribution in [0.1, 0.15) is 13.3 Å². The van der Waals surface area contributed by atoms with Gasteiger partial charge in [0.1, 0.15) is 0 Å². The van der Waals surface area contributed by atoms with E-state index in [1.807, 2.05) is 14.0 Å². The summed E-state index contributed by atoms with van der Waals surface area (Å²) in [5.41, 5.74) is 0. The first-order valence-corrected chi connectivity index (χ1v) is 3.25. The van der Waals surface area contributed by atoms with Gasteiger partial charge < -0.3 is 15.2 Å². The van der Waals surface area contributed by atoms with Gasteiger partial charge in [0.2, 0.25) is 0 Å². The van der Waals surface area contributed by atoms with Crippen LogP contribution in [0.5, 0.6) is 0 Å². The lowest BCUT2D eigenvalue weighted by Crippen LogP contribution is -2.19. The summed E-state index contributed by atoms with van der Waals surface area (Å²) < 4.78 is 4.86. The molecule has 0 aromatic rings. The average Bonchev–Trinajstić information content (AvgIpc) is 1.85. The Hall–Kier alpha value is -0.120. The summed E-state index contributed by atoms with van der Waals surface area (Å²) in [5, 5.41) is 11.8. The maximum atomic E-state index is 8.92. The second-order valence-corrected chi connectivity index (χ2v) is 1.80. The molecule has 9 heavy (non-hydrogen) atoms. The fourth-order valence-corrected chi connectivity index (χ4v) is 0.544. The first kappa shape index (κ1) is 8.88. The van der Waals surface area contributed by atoms with Gasteiger partial charge in [-0.3, -0.25) is 0 Å². The van der Waals surface area contributed by atoms with Gasteiger partial charge in [0.15, 0.2) is 6.29 Å². The van der Waals surface area contributed by atoms with Crippen LogP contribution >= 0.6 is 0 Å². The molecule has 0 saturated heterocycles. The van der Waals surface area contributed by atoms with Crippen molar-refractivity contribution in [2.75, 3.05) is 20.2 Å². The van der Waals surface area contributed by atoms with E-state index in [-0.39, 0.29) is 0 Å². The highest BCUT2D eigenvalue weighted by Crippen LogP contribution is 1.90. The number of ether oxygens (including phenoxy) is 1. The molecule has 1 unspecified atom stereocenters. The normalized spacial score (nSPS) is 13.7. The molecule has 0 aromatic carbocycles. The molecular formula is C6H15NO2. The maximum absolute atomic E-state index is 8.92. The molecule has 2 N–H and O–H groups in total. The Labute approximate surface area is 56.0 Å². The molecule has 0 fully saturated rings. The van der Waals surface area contributed by atoms with Crippen molar-refractivity contribution in [3.05, 3.63) is 0 Å². The average molecular weight is 133 g/mol. The zero-order valence-corrected chi connectivity index (χ0v) is 6.05. The van der Waals surface area contributed by atoms with Crippen LogP contribution in [0.2, 0.25) is 0 Å². The Bertz CT molecular complexity index is 59.0. The fraction of sp³-hybridized carbons (Fsp3) is 1.00. The molecule has 3 heteroatoms. The van der Waals surface area contributed by atoms with Crippen molar-refractivity contribution in [1.29, 1.82) is 0 Å². The van der Waals surface area contributed by atoms with Crippen molar-refractivity contribution in [1.82, 2.24) is 5.32 Å². The highest BCUT2D eigenvalue weighted by atomic mass is 16.6. The molecule has 0 aliphatic carbocycles. The summed E-state index contributed by atoms with van der Waals surface area (Å²) >= 11 is 0. The van der Waals surface area contributed by atoms with Crippen molar-refractivity contribution >= 4 is 0 Å². The van der Waals surface area contributed by atoms with E-state index in [1.54, 1.807) is 0 Å². The number of nitrogens with one attached hydrogen (secondary N) is 1. The maximum Gasteiger partial charge on any atom is 0.155 e. The van der Waals surface area contributed by atoms with E-state index in [0.717, 1.165) is 6.54 Å². The Morgan fingerprint density at radius 2 is 2.33 bits per heavy atom. The van der Waals surface area contributed by atoms with E-state index in [9.17, 15) is 0 Å². The predicted molar refractivity (Wildman–Crippen MR) is 36.2 cm³/mol. The summed E-state index contributed by atoms with van der Waals surface area (Å²) in [6, 6.07) is 0. The van der Waals surface area contributed by atoms with Crippen LogP contribution in [0.25, 0.3) is 0 Å². The largest absolute Gasteiger partial charge is 0.368 e. The Morgan fingerprint density at radius 3 is 2.78 bits per heavy atom. The molecule has 0 bridgehead atoms. The van der Waals surface area contributed by atoms with Gasteiger partial charge in [0.25, 0.3) is 0 Å². The molecule has 0 radical (unpaired) electrons. The molecule has 0 heterocycles. The van der Waals surface area contributed by atoms with Gasteiger partial charge in [-0.25, -0.2) is 0 Å². The lowest BCUT2D eigenvalue weighted by molar-refractivity contribution is -0.0974. The summed E-state index contributed by atoms with van der Waals surface area (Å²) in [6.07, 6.45) is 0.0621. The fourth-order valence-electron chi connectivity index (χ4n) is 0.544. The van der Waals surface area contributed by atoms with E-state index < -0.39 is 6.29 Å². The third-order valence-electron chi connectivity index (χ3n) is 1.00. The molecule has 1 atom stereocenters. The summed E-state index contributed by atoms with van der Waals surface area (Å²) in [5.74, 6) is 0. The van der Waals surface area contributed by atoms with Crippen LogP contribution in [0.3, 0.4) is 0 Å². The highest BCUT2D eigenvalue weighted by Gasteiger charge is 1.98. The SMILES string of the molecule is CCOC(O)CCNC. The quantitative estimate of drug-likeness (QED) is 0.517. The molecule has 0 aromatic heterocycles. The molecule has 56 valence electrons. The predicted octanol–water partition coefficient (Wildman–Crippen LogP) is -0.0492. The van der Waals surface area contributed by atoms with Gasteiger partial charge in [-0.15, -0.1) is 0 Å². The molecular weight excluding hydrogens is 118 g/mol. The third kappa shape index (κ3) is 5.76. The van der Waals surface area contributed by atoms with Crippen molar-refractivity contribution < 1.29 is 9.84 Å². The van der Waals surface area contributed by atoms with Gasteiger partial charge in [0.05, 0.1) is 0 Å². The van der Waals surface area contributed by atoms with Crippen molar-refractivity contribution in [2.45, 2.75) is 19.6 Å². The smallest absolute Gasteiger partial charge is 0.155 e. The van der Waals surface area contributed by atoms with Gasteiger partial charge >= 0.3 is 0 Å². The molecule has 0 spiro atoms. The second kappa shape index (κ2) is 6.01. The Balaban J connectivity index is 2.95. The minimum absolute atomic E-state index is 0.574. The summed E-state index contributed by atoms with van der Waals surface area (Å²) in [7, 11) is 1.85. The van der Waals surface area contributed by atoms with E-state index in [0.29, 0.717) is 13.0 Å². The number of aliphatic hydroxyl groups excluding tert-OH is 1. The zero-order chi connectivity index (χ0) is 7.11. The second-order valence-electron chi connectivity index (χ2n) is 1.80. The first-order chi connectivity index (χ1) is 4.31. The topological polar surface area (TPSA) is 41.5 Å². The molecule has 0 aliphatic rings. The minimum atomic E-state index is -0.595. The lowest BCUT2D eigenvalue weighted by atomic mass is 10.4. The van der Waals surface area contributed by atoms with Crippen LogP contribution < -0.4 is 5.32 Å². The molecule has 0 aliphatic heterocycles. The lowest BCUT2D eigenvalue weighted by Gasteiger charge is -2.08. The number of rotatable bonds is 5. The Morgan fingerprint density at radius 1 is 1.67 bits per heavy atom. The van der Waals surface area contributed by atoms with Crippen LogP contribution in [0, 0.1) is 0 Å². The molecule has 3 nitrogen and oxygen atoms in total.